The summed E-state index contributed by atoms with van der Waals surface area (Å²) in [6.45, 7) is 6.41. The lowest BCUT2D eigenvalue weighted by Gasteiger charge is -2.24. The van der Waals surface area contributed by atoms with Gasteiger partial charge in [-0.2, -0.15) is 0 Å². The quantitative estimate of drug-likeness (QED) is 0.493. The highest BCUT2D eigenvalue weighted by atomic mass is 16.7. The van der Waals surface area contributed by atoms with Crippen LogP contribution < -0.4 is 0 Å². The molecular formula is C14H25NO3. The third-order valence-corrected chi connectivity index (χ3v) is 3.33. The van der Waals surface area contributed by atoms with Crippen LogP contribution in [0.1, 0.15) is 65.7 Å². The van der Waals surface area contributed by atoms with Gasteiger partial charge >= 0.3 is 5.97 Å². The van der Waals surface area contributed by atoms with Gasteiger partial charge in [0.2, 0.25) is 5.60 Å². The molecule has 18 heavy (non-hydrogen) atoms. The van der Waals surface area contributed by atoms with E-state index in [0.29, 0.717) is 19.4 Å². The molecule has 0 aromatic rings. The van der Waals surface area contributed by atoms with Gasteiger partial charge in [0.15, 0.2) is 0 Å². The van der Waals surface area contributed by atoms with Crippen molar-refractivity contribution in [2.75, 3.05) is 6.61 Å². The van der Waals surface area contributed by atoms with Crippen LogP contribution in [0, 0.1) is 0 Å². The summed E-state index contributed by atoms with van der Waals surface area (Å²) in [4.78, 5) is 17.5. The van der Waals surface area contributed by atoms with Crippen LogP contribution in [0.3, 0.4) is 0 Å². The van der Waals surface area contributed by atoms with E-state index < -0.39 is 5.60 Å². The summed E-state index contributed by atoms with van der Waals surface area (Å²) in [6, 6.07) is 0. The van der Waals surface area contributed by atoms with E-state index >= 15 is 0 Å². The maximum atomic E-state index is 12.1. The molecule has 0 saturated carbocycles. The minimum Gasteiger partial charge on any atom is -0.463 e. The molecule has 1 rings (SSSR count). The summed E-state index contributed by atoms with van der Waals surface area (Å²) in [7, 11) is 0. The van der Waals surface area contributed by atoms with Crippen molar-refractivity contribution in [1.29, 1.82) is 0 Å². The van der Waals surface area contributed by atoms with Gasteiger partial charge in [-0.3, -0.25) is 0 Å². The average Bonchev–Trinajstić information content (AvgIpc) is 2.80. The van der Waals surface area contributed by atoms with Crippen molar-refractivity contribution in [3.63, 3.8) is 0 Å². The molecule has 0 radical (unpaired) electrons. The molecule has 0 saturated heterocycles. The van der Waals surface area contributed by atoms with Gasteiger partial charge < -0.3 is 9.57 Å². The molecule has 1 aliphatic heterocycles. The van der Waals surface area contributed by atoms with E-state index in [4.69, 9.17) is 9.57 Å². The second-order valence-corrected chi connectivity index (χ2v) is 4.80. The lowest BCUT2D eigenvalue weighted by atomic mass is 9.90. The highest BCUT2D eigenvalue weighted by Crippen LogP contribution is 2.32. The number of unbranched alkanes of at least 4 members (excludes halogenated alkanes) is 3. The highest BCUT2D eigenvalue weighted by Gasteiger charge is 2.46. The van der Waals surface area contributed by atoms with Crippen molar-refractivity contribution >= 4 is 11.7 Å². The Morgan fingerprint density at radius 3 is 2.67 bits per heavy atom. The molecule has 0 aliphatic carbocycles. The Hall–Kier alpha value is -1.06. The van der Waals surface area contributed by atoms with E-state index in [0.717, 1.165) is 25.0 Å². The topological polar surface area (TPSA) is 47.9 Å². The van der Waals surface area contributed by atoms with Crippen LogP contribution in [-0.4, -0.2) is 23.9 Å². The van der Waals surface area contributed by atoms with E-state index in [1.54, 1.807) is 0 Å². The Morgan fingerprint density at radius 2 is 2.11 bits per heavy atom. The number of ether oxygens (including phenoxy) is 1. The fourth-order valence-electron chi connectivity index (χ4n) is 2.18. The van der Waals surface area contributed by atoms with E-state index in [1.165, 1.54) is 12.8 Å². The molecule has 0 fully saturated rings. The van der Waals surface area contributed by atoms with Gasteiger partial charge in [-0.1, -0.05) is 38.3 Å². The summed E-state index contributed by atoms with van der Waals surface area (Å²) in [5.74, 6) is -0.256. The lowest BCUT2D eigenvalue weighted by molar-refractivity contribution is -0.170. The van der Waals surface area contributed by atoms with Gasteiger partial charge in [0.1, 0.15) is 0 Å². The molecular weight excluding hydrogens is 230 g/mol. The molecule has 0 bridgehead atoms. The first-order chi connectivity index (χ1) is 8.68. The van der Waals surface area contributed by atoms with E-state index in [-0.39, 0.29) is 5.97 Å². The Bertz CT molecular complexity index is 301. The zero-order chi connectivity index (χ0) is 13.4. The van der Waals surface area contributed by atoms with Gasteiger partial charge in [0.05, 0.1) is 12.3 Å². The van der Waals surface area contributed by atoms with Crippen molar-refractivity contribution in [2.45, 2.75) is 71.3 Å². The molecule has 0 N–H and O–H groups in total. The number of hydrogen-bond donors (Lipinski definition) is 0. The molecule has 0 aromatic carbocycles. The summed E-state index contributed by atoms with van der Waals surface area (Å²) >= 11 is 0. The number of esters is 1. The molecule has 1 unspecified atom stereocenters. The highest BCUT2D eigenvalue weighted by molar-refractivity contribution is 5.93. The molecule has 0 aromatic heterocycles. The molecule has 4 nitrogen and oxygen atoms in total. The summed E-state index contributed by atoms with van der Waals surface area (Å²) in [6.07, 6.45) is 6.62. The first-order valence-electron chi connectivity index (χ1n) is 7.09. The molecule has 104 valence electrons. The summed E-state index contributed by atoms with van der Waals surface area (Å²) in [5, 5.41) is 4.03. The van der Waals surface area contributed by atoms with Crippen molar-refractivity contribution < 1.29 is 14.4 Å². The molecule has 1 atom stereocenters. The standard InChI is InChI=1S/C14H25NO3/c1-4-7-8-9-10-14(13(16)17-6-3)11-12(5-2)15-18-14/h4-11H2,1-3H3. The van der Waals surface area contributed by atoms with Gasteiger partial charge in [-0.05, 0) is 19.8 Å². The van der Waals surface area contributed by atoms with Crippen LogP contribution in [-0.2, 0) is 14.4 Å². The van der Waals surface area contributed by atoms with Crippen molar-refractivity contribution in [2.24, 2.45) is 5.16 Å². The van der Waals surface area contributed by atoms with Gasteiger partial charge in [0, 0.05) is 12.8 Å². The molecule has 0 spiro atoms. The monoisotopic (exact) mass is 255 g/mol. The van der Waals surface area contributed by atoms with Gasteiger partial charge in [0.25, 0.3) is 0 Å². The predicted octanol–water partition coefficient (Wildman–Crippen LogP) is 3.45. The molecule has 1 aliphatic rings. The van der Waals surface area contributed by atoms with Gasteiger partial charge in [-0.25, -0.2) is 4.79 Å². The van der Waals surface area contributed by atoms with E-state index in [9.17, 15) is 4.79 Å². The smallest absolute Gasteiger partial charge is 0.353 e. The van der Waals surface area contributed by atoms with Crippen LogP contribution in [0.15, 0.2) is 5.16 Å². The summed E-state index contributed by atoms with van der Waals surface area (Å²) < 4.78 is 5.14. The van der Waals surface area contributed by atoms with Crippen LogP contribution >= 0.6 is 0 Å². The minimum absolute atomic E-state index is 0.256. The number of carbonyl (C=O) groups is 1. The fourth-order valence-corrected chi connectivity index (χ4v) is 2.18. The first-order valence-corrected chi connectivity index (χ1v) is 7.09. The average molecular weight is 255 g/mol. The Kier molecular flexibility index (Phi) is 6.16. The maximum absolute atomic E-state index is 12.1. The van der Waals surface area contributed by atoms with Crippen LogP contribution in [0.25, 0.3) is 0 Å². The van der Waals surface area contributed by atoms with Crippen molar-refractivity contribution in [1.82, 2.24) is 0 Å². The molecule has 4 heteroatoms. The fraction of sp³-hybridized carbons (Fsp3) is 0.857. The third-order valence-electron chi connectivity index (χ3n) is 3.33. The summed E-state index contributed by atoms with van der Waals surface area (Å²) in [5.41, 5.74) is 0.119. The second kappa shape index (κ2) is 7.39. The van der Waals surface area contributed by atoms with E-state index in [1.807, 2.05) is 13.8 Å². The zero-order valence-corrected chi connectivity index (χ0v) is 11.8. The largest absolute Gasteiger partial charge is 0.463 e. The van der Waals surface area contributed by atoms with E-state index in [2.05, 4.69) is 12.1 Å². The van der Waals surface area contributed by atoms with Crippen molar-refractivity contribution in [3.8, 4) is 0 Å². The Labute approximate surface area is 110 Å². The normalized spacial score (nSPS) is 22.5. The number of nitrogens with zero attached hydrogens (tertiary/aromatic N) is 1. The van der Waals surface area contributed by atoms with Crippen LogP contribution in [0.2, 0.25) is 0 Å². The molecule has 0 amide bonds. The maximum Gasteiger partial charge on any atom is 0.353 e. The second-order valence-electron chi connectivity index (χ2n) is 4.80. The van der Waals surface area contributed by atoms with Crippen molar-refractivity contribution in [3.05, 3.63) is 0 Å². The Morgan fingerprint density at radius 1 is 1.33 bits per heavy atom. The number of carbonyl (C=O) groups excluding carboxylic acids is 1. The minimum atomic E-state index is -0.838. The van der Waals surface area contributed by atoms with Crippen LogP contribution in [0.4, 0.5) is 0 Å². The van der Waals surface area contributed by atoms with Gasteiger partial charge in [-0.15, -0.1) is 0 Å². The number of rotatable bonds is 8. The zero-order valence-electron chi connectivity index (χ0n) is 11.8. The molecule has 1 heterocycles. The number of hydrogen-bond acceptors (Lipinski definition) is 4. The Balaban J connectivity index is 2.57. The van der Waals surface area contributed by atoms with Crippen LogP contribution in [0.5, 0.6) is 0 Å². The predicted molar refractivity (Wildman–Crippen MR) is 71.6 cm³/mol. The lowest BCUT2D eigenvalue weighted by Crippen LogP contribution is -2.40. The number of oxime groups is 1. The SMILES string of the molecule is CCCCCCC1(C(=O)OCC)CC(CC)=NO1. The third kappa shape index (κ3) is 3.72. The first kappa shape index (κ1) is 15.0.